The number of nitrogens with two attached hydrogens (primary N) is 1. The van der Waals surface area contributed by atoms with Crippen LogP contribution in [-0.4, -0.2) is 33.0 Å². The molecule has 0 aromatic carbocycles. The van der Waals surface area contributed by atoms with E-state index in [4.69, 9.17) is 27.8 Å². The second-order valence-electron chi connectivity index (χ2n) is 4.44. The lowest BCUT2D eigenvalue weighted by Crippen LogP contribution is -2.28. The fraction of sp³-hybridized carbons (Fsp3) is 0.600. The Bertz CT molecular complexity index is 520. The summed E-state index contributed by atoms with van der Waals surface area (Å²) < 4.78 is 34.0. The van der Waals surface area contributed by atoms with Crippen molar-refractivity contribution in [3.8, 4) is 0 Å². The Morgan fingerprint density at radius 1 is 1.78 bits per heavy atom. The number of aliphatic hydroxyl groups is 1. The van der Waals surface area contributed by atoms with Gasteiger partial charge < -0.3 is 15.6 Å². The molecule has 0 aliphatic carbocycles. The standard InChI is InChI=1S/C10H13F2N3O2S/c1-10(12)2-5(4-16)17-8(10)15-3-6(11)7(13)14-9(15)18/h3,5,8,16H,2,4H2,1H3,(H2,13,14,18). The number of hydrogen-bond acceptors (Lipinski definition) is 5. The zero-order chi connectivity index (χ0) is 13.5. The minimum absolute atomic E-state index is 0.00192. The van der Waals surface area contributed by atoms with Crippen molar-refractivity contribution in [2.75, 3.05) is 12.3 Å². The zero-order valence-electron chi connectivity index (χ0n) is 9.64. The molecule has 0 amide bonds. The molecule has 0 spiro atoms. The number of hydrogen-bond donors (Lipinski definition) is 2. The second-order valence-corrected chi connectivity index (χ2v) is 4.80. The van der Waals surface area contributed by atoms with Crippen LogP contribution in [0.5, 0.6) is 0 Å². The Kier molecular flexibility index (Phi) is 3.35. The first-order valence-corrected chi connectivity index (χ1v) is 5.75. The van der Waals surface area contributed by atoms with E-state index in [0.29, 0.717) is 0 Å². The molecule has 1 aromatic heterocycles. The molecule has 1 aromatic rings. The van der Waals surface area contributed by atoms with Crippen LogP contribution in [0.3, 0.4) is 0 Å². The molecule has 0 saturated carbocycles. The van der Waals surface area contributed by atoms with Crippen molar-refractivity contribution in [3.05, 3.63) is 16.8 Å². The van der Waals surface area contributed by atoms with Gasteiger partial charge in [0.2, 0.25) is 4.77 Å². The Labute approximate surface area is 107 Å². The number of halogens is 2. The van der Waals surface area contributed by atoms with Gasteiger partial charge in [0.05, 0.1) is 12.7 Å². The van der Waals surface area contributed by atoms with Crippen molar-refractivity contribution in [1.82, 2.24) is 9.55 Å². The van der Waals surface area contributed by atoms with E-state index in [0.717, 1.165) is 10.8 Å². The molecular weight excluding hydrogens is 264 g/mol. The van der Waals surface area contributed by atoms with Gasteiger partial charge in [0.25, 0.3) is 0 Å². The summed E-state index contributed by atoms with van der Waals surface area (Å²) in [6.07, 6.45) is -0.799. The summed E-state index contributed by atoms with van der Waals surface area (Å²) in [4.78, 5) is 3.61. The van der Waals surface area contributed by atoms with Gasteiger partial charge in [-0.2, -0.15) is 4.98 Å². The molecule has 8 heteroatoms. The number of anilines is 1. The Hall–Kier alpha value is -1.12. The molecule has 3 atom stereocenters. The SMILES string of the molecule is CC1(F)CC(CO)OC1n1cc(F)c(N)nc1=S. The van der Waals surface area contributed by atoms with Crippen LogP contribution < -0.4 is 5.73 Å². The molecule has 3 N–H and O–H groups in total. The maximum Gasteiger partial charge on any atom is 0.203 e. The lowest BCUT2D eigenvalue weighted by molar-refractivity contribution is -0.0603. The van der Waals surface area contributed by atoms with Crippen LogP contribution in [0.2, 0.25) is 0 Å². The van der Waals surface area contributed by atoms with Gasteiger partial charge in [-0.25, -0.2) is 8.78 Å². The molecular formula is C10H13F2N3O2S. The van der Waals surface area contributed by atoms with Gasteiger partial charge in [-0.15, -0.1) is 0 Å². The number of nitrogen functional groups attached to an aromatic ring is 1. The molecule has 0 radical (unpaired) electrons. The van der Waals surface area contributed by atoms with Crippen molar-refractivity contribution < 1.29 is 18.6 Å². The topological polar surface area (TPSA) is 73.3 Å². The summed E-state index contributed by atoms with van der Waals surface area (Å²) >= 11 is 4.91. The molecule has 100 valence electrons. The average Bonchev–Trinajstić information content (AvgIpc) is 2.59. The number of nitrogens with zero attached hydrogens (tertiary/aromatic N) is 2. The quantitative estimate of drug-likeness (QED) is 0.798. The summed E-state index contributed by atoms with van der Waals surface area (Å²) in [7, 11) is 0. The predicted octanol–water partition coefficient (Wildman–Crippen LogP) is 1.34. The summed E-state index contributed by atoms with van der Waals surface area (Å²) in [5, 5.41) is 8.99. The summed E-state index contributed by atoms with van der Waals surface area (Å²) in [5.74, 6) is -1.14. The summed E-state index contributed by atoms with van der Waals surface area (Å²) in [5.41, 5.74) is 3.50. The molecule has 1 aliphatic rings. The fourth-order valence-electron chi connectivity index (χ4n) is 2.01. The Morgan fingerprint density at radius 2 is 2.44 bits per heavy atom. The highest BCUT2D eigenvalue weighted by Crippen LogP contribution is 2.40. The summed E-state index contributed by atoms with van der Waals surface area (Å²) in [6.45, 7) is 0.998. The van der Waals surface area contributed by atoms with Crippen LogP contribution in [0.15, 0.2) is 6.20 Å². The van der Waals surface area contributed by atoms with Crippen molar-refractivity contribution >= 4 is 18.0 Å². The second kappa shape index (κ2) is 4.52. The highest BCUT2D eigenvalue weighted by molar-refractivity contribution is 7.71. The number of ether oxygens (including phenoxy) is 1. The van der Waals surface area contributed by atoms with Gasteiger partial charge in [-0.05, 0) is 19.1 Å². The highest BCUT2D eigenvalue weighted by atomic mass is 32.1. The third-order valence-electron chi connectivity index (χ3n) is 2.85. The third kappa shape index (κ3) is 2.23. The minimum atomic E-state index is -1.77. The Balaban J connectivity index is 2.43. The molecule has 0 bridgehead atoms. The minimum Gasteiger partial charge on any atom is -0.394 e. The van der Waals surface area contributed by atoms with Crippen molar-refractivity contribution in [1.29, 1.82) is 0 Å². The van der Waals surface area contributed by atoms with Crippen molar-refractivity contribution in [2.45, 2.75) is 31.3 Å². The van der Waals surface area contributed by atoms with Gasteiger partial charge in [0.1, 0.15) is 0 Å². The molecule has 2 heterocycles. The van der Waals surface area contributed by atoms with Crippen molar-refractivity contribution in [2.24, 2.45) is 0 Å². The normalized spacial score (nSPS) is 31.8. The van der Waals surface area contributed by atoms with E-state index in [1.165, 1.54) is 6.92 Å². The first kappa shape index (κ1) is 13.3. The van der Waals surface area contributed by atoms with Gasteiger partial charge in [0.15, 0.2) is 23.5 Å². The fourth-order valence-corrected chi connectivity index (χ4v) is 2.25. The molecule has 18 heavy (non-hydrogen) atoms. The van der Waals surface area contributed by atoms with E-state index < -0.39 is 23.8 Å². The first-order chi connectivity index (χ1) is 8.35. The van der Waals surface area contributed by atoms with Crippen LogP contribution in [0.4, 0.5) is 14.6 Å². The molecule has 5 nitrogen and oxygen atoms in total. The van der Waals surface area contributed by atoms with E-state index in [1.807, 2.05) is 0 Å². The van der Waals surface area contributed by atoms with Crippen molar-refractivity contribution in [3.63, 3.8) is 0 Å². The van der Waals surface area contributed by atoms with Crippen LogP contribution in [0.25, 0.3) is 0 Å². The van der Waals surface area contributed by atoms with E-state index in [9.17, 15) is 8.78 Å². The number of alkyl halides is 1. The van der Waals surface area contributed by atoms with E-state index in [-0.39, 0.29) is 23.6 Å². The number of rotatable bonds is 2. The monoisotopic (exact) mass is 277 g/mol. The lowest BCUT2D eigenvalue weighted by Gasteiger charge is -2.23. The maximum absolute atomic E-state index is 14.3. The molecule has 1 saturated heterocycles. The first-order valence-electron chi connectivity index (χ1n) is 5.34. The van der Waals surface area contributed by atoms with E-state index in [1.54, 1.807) is 0 Å². The van der Waals surface area contributed by atoms with Gasteiger partial charge in [0, 0.05) is 12.6 Å². The van der Waals surface area contributed by atoms with Gasteiger partial charge in [-0.1, -0.05) is 0 Å². The number of aromatic nitrogens is 2. The van der Waals surface area contributed by atoms with E-state index >= 15 is 0 Å². The largest absolute Gasteiger partial charge is 0.394 e. The van der Waals surface area contributed by atoms with Gasteiger partial charge >= 0.3 is 0 Å². The van der Waals surface area contributed by atoms with Crippen LogP contribution in [0.1, 0.15) is 19.6 Å². The maximum atomic E-state index is 14.3. The van der Waals surface area contributed by atoms with Gasteiger partial charge in [-0.3, -0.25) is 4.57 Å². The Morgan fingerprint density at radius 3 is 3.00 bits per heavy atom. The third-order valence-corrected chi connectivity index (χ3v) is 3.16. The average molecular weight is 277 g/mol. The molecule has 2 rings (SSSR count). The van der Waals surface area contributed by atoms with Crippen LogP contribution in [0, 0.1) is 10.6 Å². The predicted molar refractivity (Wildman–Crippen MR) is 62.6 cm³/mol. The molecule has 1 aliphatic heterocycles. The highest BCUT2D eigenvalue weighted by Gasteiger charge is 2.46. The molecule has 3 unspecified atom stereocenters. The van der Waals surface area contributed by atoms with E-state index in [2.05, 4.69) is 4.98 Å². The summed E-state index contributed by atoms with van der Waals surface area (Å²) in [6, 6.07) is 0. The van der Waals surface area contributed by atoms with Crippen LogP contribution >= 0.6 is 12.2 Å². The zero-order valence-corrected chi connectivity index (χ0v) is 10.5. The lowest BCUT2D eigenvalue weighted by atomic mass is 10.0. The smallest absolute Gasteiger partial charge is 0.203 e. The molecule has 1 fully saturated rings. The van der Waals surface area contributed by atoms with Crippen LogP contribution in [-0.2, 0) is 4.74 Å². The number of aliphatic hydroxyl groups excluding tert-OH is 1.